The molecule has 0 unspecified atom stereocenters. The summed E-state index contributed by atoms with van der Waals surface area (Å²) < 4.78 is 1.72. The number of amides is 1. The molecule has 0 saturated carbocycles. The quantitative estimate of drug-likeness (QED) is 0.518. The molecule has 2 heterocycles. The number of piperazine rings is 1. The number of nitrogens with zero attached hydrogens (tertiary/aromatic N) is 6. The van der Waals surface area contributed by atoms with Gasteiger partial charge in [0, 0.05) is 39.4 Å². The van der Waals surface area contributed by atoms with Crippen molar-refractivity contribution in [1.29, 1.82) is 0 Å². The van der Waals surface area contributed by atoms with Gasteiger partial charge in [0.25, 0.3) is 0 Å². The number of guanidine groups is 1. The lowest BCUT2D eigenvalue weighted by atomic mass is 10.1. The molecule has 1 N–H and O–H groups in total. The zero-order valence-electron chi connectivity index (χ0n) is 19.2. The number of aromatic nitrogens is 2. The third-order valence-corrected chi connectivity index (χ3v) is 5.66. The van der Waals surface area contributed by atoms with Gasteiger partial charge in [-0.1, -0.05) is 38.1 Å². The summed E-state index contributed by atoms with van der Waals surface area (Å²) in [5.74, 6) is 0.853. The van der Waals surface area contributed by atoms with Gasteiger partial charge < -0.3 is 15.1 Å². The number of rotatable bonds is 8. The third-order valence-electron chi connectivity index (χ3n) is 5.66. The Morgan fingerprint density at radius 2 is 1.90 bits per heavy atom. The Morgan fingerprint density at radius 1 is 1.16 bits per heavy atom. The van der Waals surface area contributed by atoms with Crippen molar-refractivity contribution in [3.8, 4) is 0 Å². The lowest BCUT2D eigenvalue weighted by molar-refractivity contribution is -0.120. The lowest BCUT2D eigenvalue weighted by Gasteiger charge is -2.35. The summed E-state index contributed by atoms with van der Waals surface area (Å²) in [5.41, 5.74) is 3.38. The van der Waals surface area contributed by atoms with Gasteiger partial charge in [0.2, 0.25) is 5.91 Å². The molecule has 1 aliphatic rings. The van der Waals surface area contributed by atoms with Gasteiger partial charge in [-0.3, -0.25) is 14.4 Å². The number of aliphatic imine (C=N–C) groups is 1. The Kier molecular flexibility index (Phi) is 8.06. The topological polar surface area (TPSA) is 69.0 Å². The normalized spacial score (nSPS) is 15.1. The van der Waals surface area contributed by atoms with Crippen molar-refractivity contribution < 1.29 is 4.79 Å². The minimum absolute atomic E-state index is 0.0618. The van der Waals surface area contributed by atoms with E-state index < -0.39 is 0 Å². The number of hydrogen-bond donors (Lipinski definition) is 1. The predicted octanol–water partition coefficient (Wildman–Crippen LogP) is 2.08. The van der Waals surface area contributed by atoms with E-state index in [4.69, 9.17) is 4.99 Å². The summed E-state index contributed by atoms with van der Waals surface area (Å²) >= 11 is 0. The fourth-order valence-corrected chi connectivity index (χ4v) is 3.81. The van der Waals surface area contributed by atoms with Crippen LogP contribution in [0.5, 0.6) is 0 Å². The van der Waals surface area contributed by atoms with Crippen molar-refractivity contribution in [2.75, 3.05) is 44.2 Å². The molecule has 3 rings (SSSR count). The Hall–Kier alpha value is -2.87. The maximum Gasteiger partial charge on any atom is 0.246 e. The molecule has 8 heteroatoms. The van der Waals surface area contributed by atoms with Gasteiger partial charge in [0.15, 0.2) is 5.96 Å². The maximum absolute atomic E-state index is 12.8. The van der Waals surface area contributed by atoms with Crippen molar-refractivity contribution in [3.05, 3.63) is 47.8 Å². The highest BCUT2D eigenvalue weighted by Crippen LogP contribution is 2.17. The zero-order valence-corrected chi connectivity index (χ0v) is 19.2. The minimum Gasteiger partial charge on any atom is -0.356 e. The number of aryl methyl sites for hydroxylation is 1. The molecule has 0 spiro atoms. The predicted molar refractivity (Wildman–Crippen MR) is 125 cm³/mol. The smallest absolute Gasteiger partial charge is 0.246 e. The summed E-state index contributed by atoms with van der Waals surface area (Å²) in [7, 11) is 1.86. The summed E-state index contributed by atoms with van der Waals surface area (Å²) in [6, 6.07) is 8.50. The van der Waals surface area contributed by atoms with E-state index in [0.29, 0.717) is 19.6 Å². The molecule has 0 radical (unpaired) electrons. The van der Waals surface area contributed by atoms with Crippen LogP contribution in [-0.2, 0) is 24.9 Å². The Bertz CT molecular complexity index is 888. The van der Waals surface area contributed by atoms with Crippen molar-refractivity contribution >= 4 is 17.6 Å². The number of anilines is 1. The maximum atomic E-state index is 12.8. The van der Waals surface area contributed by atoms with E-state index in [-0.39, 0.29) is 5.91 Å². The van der Waals surface area contributed by atoms with Crippen molar-refractivity contribution in [2.24, 2.45) is 12.0 Å². The Labute approximate surface area is 185 Å². The van der Waals surface area contributed by atoms with Gasteiger partial charge in [-0.15, -0.1) is 0 Å². The van der Waals surface area contributed by atoms with Crippen LogP contribution in [0.25, 0.3) is 0 Å². The number of benzene rings is 1. The first-order valence-electron chi connectivity index (χ1n) is 11.2. The molecule has 1 aromatic carbocycles. The average Bonchev–Trinajstić information content (AvgIpc) is 3.21. The van der Waals surface area contributed by atoms with Gasteiger partial charge >= 0.3 is 0 Å². The van der Waals surface area contributed by atoms with E-state index in [1.807, 2.05) is 18.1 Å². The number of carbonyl (C=O) groups excluding carboxylic acids is 1. The summed E-state index contributed by atoms with van der Waals surface area (Å²) in [4.78, 5) is 23.9. The molecule has 0 aliphatic carbocycles. The zero-order chi connectivity index (χ0) is 22.2. The molecule has 1 aromatic heterocycles. The monoisotopic (exact) mass is 425 g/mol. The molecule has 1 saturated heterocycles. The van der Waals surface area contributed by atoms with E-state index >= 15 is 0 Å². The van der Waals surface area contributed by atoms with Crippen LogP contribution in [0, 0.1) is 0 Å². The fraction of sp³-hybridized carbons (Fsp3) is 0.522. The van der Waals surface area contributed by atoms with Crippen LogP contribution in [0.3, 0.4) is 0 Å². The molecule has 31 heavy (non-hydrogen) atoms. The second-order valence-electron chi connectivity index (χ2n) is 7.74. The number of nitrogens with one attached hydrogen (secondary N) is 1. The minimum atomic E-state index is 0.0618. The third kappa shape index (κ3) is 5.85. The van der Waals surface area contributed by atoms with Crippen LogP contribution in [0.2, 0.25) is 0 Å². The molecule has 1 aliphatic heterocycles. The second-order valence-corrected chi connectivity index (χ2v) is 7.74. The molecular formula is C23H35N7O. The average molecular weight is 426 g/mol. The molecule has 2 aromatic rings. The largest absolute Gasteiger partial charge is 0.356 e. The van der Waals surface area contributed by atoms with Crippen LogP contribution < -0.4 is 10.2 Å². The summed E-state index contributed by atoms with van der Waals surface area (Å²) in [6.07, 6.45) is 3.61. The van der Waals surface area contributed by atoms with E-state index in [9.17, 15) is 4.79 Å². The van der Waals surface area contributed by atoms with Gasteiger partial charge in [0.05, 0.1) is 18.4 Å². The lowest BCUT2D eigenvalue weighted by Crippen LogP contribution is -2.55. The fourth-order valence-electron chi connectivity index (χ4n) is 3.81. The Morgan fingerprint density at radius 3 is 2.52 bits per heavy atom. The number of hydrogen-bond acceptors (Lipinski definition) is 4. The standard InChI is InChI=1S/C23H35N7O/c1-5-24-23(25-14-19-10-8-9-11-20(19)16-28(6-2)7-3)29-12-13-30(22(31)18-29)21-15-26-27(4)17-21/h8-11,15,17H,5-7,12-14,16,18H2,1-4H3,(H,24,25). The molecule has 168 valence electrons. The van der Waals surface area contributed by atoms with Crippen molar-refractivity contribution in [2.45, 2.75) is 33.9 Å². The first-order chi connectivity index (χ1) is 15.0. The van der Waals surface area contributed by atoms with Gasteiger partial charge in [0.1, 0.15) is 6.54 Å². The van der Waals surface area contributed by atoms with Gasteiger partial charge in [-0.05, 0) is 31.1 Å². The van der Waals surface area contributed by atoms with Crippen LogP contribution in [-0.4, -0.2) is 70.7 Å². The van der Waals surface area contributed by atoms with E-state index in [2.05, 4.69) is 60.4 Å². The van der Waals surface area contributed by atoms with Gasteiger partial charge in [-0.25, -0.2) is 4.99 Å². The van der Waals surface area contributed by atoms with Crippen LogP contribution in [0.4, 0.5) is 5.69 Å². The first kappa shape index (κ1) is 22.8. The van der Waals surface area contributed by atoms with Crippen molar-refractivity contribution in [1.82, 2.24) is 24.9 Å². The highest BCUT2D eigenvalue weighted by atomic mass is 16.2. The first-order valence-corrected chi connectivity index (χ1v) is 11.2. The van der Waals surface area contributed by atoms with Crippen molar-refractivity contribution in [3.63, 3.8) is 0 Å². The molecule has 1 fully saturated rings. The van der Waals surface area contributed by atoms with Crippen LogP contribution in [0.15, 0.2) is 41.7 Å². The van der Waals surface area contributed by atoms with Crippen LogP contribution in [0.1, 0.15) is 31.9 Å². The molecule has 8 nitrogen and oxygen atoms in total. The molecular weight excluding hydrogens is 390 g/mol. The summed E-state index contributed by atoms with van der Waals surface area (Å²) in [6.45, 7) is 12.4. The van der Waals surface area contributed by atoms with Crippen LogP contribution >= 0.6 is 0 Å². The van der Waals surface area contributed by atoms with E-state index in [1.54, 1.807) is 15.8 Å². The highest BCUT2D eigenvalue weighted by Gasteiger charge is 2.27. The molecule has 0 atom stereocenters. The van der Waals surface area contributed by atoms with E-state index in [0.717, 1.165) is 44.4 Å². The highest BCUT2D eigenvalue weighted by molar-refractivity contribution is 5.98. The van der Waals surface area contributed by atoms with E-state index in [1.165, 1.54) is 11.1 Å². The molecule has 1 amide bonds. The second kappa shape index (κ2) is 10.9. The molecule has 0 bridgehead atoms. The SMILES string of the molecule is CCNC(=NCc1ccccc1CN(CC)CC)N1CCN(c2cnn(C)c2)C(=O)C1. The Balaban J connectivity index is 1.71. The number of carbonyl (C=O) groups is 1. The van der Waals surface area contributed by atoms with Gasteiger partial charge in [-0.2, -0.15) is 5.10 Å². The summed E-state index contributed by atoms with van der Waals surface area (Å²) in [5, 5.41) is 7.55.